The monoisotopic (exact) mass is 277 g/mol. The van der Waals surface area contributed by atoms with Gasteiger partial charge in [-0.3, -0.25) is 16.3 Å². The molecular formula is C15H27N5. The number of hydrogen-bond donors (Lipinski definition) is 3. The molecule has 1 fully saturated rings. The van der Waals surface area contributed by atoms with Gasteiger partial charge in [-0.15, -0.1) is 0 Å². The molecule has 112 valence electrons. The molecule has 0 aromatic carbocycles. The van der Waals surface area contributed by atoms with Crippen LogP contribution in [0, 0.1) is 5.92 Å². The Morgan fingerprint density at radius 1 is 1.50 bits per heavy atom. The standard InChI is InChI=1S/C15H27N5/c1-11-5-4-7-15(9-11,20(2)3)14(19-17)12-10-18-8-6-13(12)16/h6,8,10-11,14,19H,4-5,7,9,17H2,1-3H3,(H2,16,18). The average Bonchev–Trinajstić information content (AvgIpc) is 2.41. The van der Waals surface area contributed by atoms with Gasteiger partial charge in [-0.1, -0.05) is 19.8 Å². The first-order valence-corrected chi connectivity index (χ1v) is 7.34. The quantitative estimate of drug-likeness (QED) is 0.576. The summed E-state index contributed by atoms with van der Waals surface area (Å²) in [7, 11) is 4.27. The van der Waals surface area contributed by atoms with Gasteiger partial charge in [0.2, 0.25) is 0 Å². The second kappa shape index (κ2) is 6.08. The van der Waals surface area contributed by atoms with Crippen LogP contribution < -0.4 is 17.0 Å². The van der Waals surface area contributed by atoms with Crippen molar-refractivity contribution < 1.29 is 0 Å². The van der Waals surface area contributed by atoms with Crippen LogP contribution in [0.3, 0.4) is 0 Å². The second-order valence-corrected chi connectivity index (χ2v) is 6.30. The van der Waals surface area contributed by atoms with E-state index in [0.29, 0.717) is 5.92 Å². The Morgan fingerprint density at radius 2 is 2.25 bits per heavy atom. The van der Waals surface area contributed by atoms with Crippen molar-refractivity contribution in [2.24, 2.45) is 11.8 Å². The van der Waals surface area contributed by atoms with Crippen molar-refractivity contribution >= 4 is 5.69 Å². The summed E-state index contributed by atoms with van der Waals surface area (Å²) in [5.41, 5.74) is 10.9. The molecule has 0 saturated heterocycles. The van der Waals surface area contributed by atoms with E-state index in [2.05, 4.69) is 36.3 Å². The summed E-state index contributed by atoms with van der Waals surface area (Å²) in [5, 5.41) is 0. The minimum atomic E-state index is -0.0103. The van der Waals surface area contributed by atoms with E-state index in [0.717, 1.165) is 24.1 Å². The Labute approximate surface area is 121 Å². The van der Waals surface area contributed by atoms with E-state index in [1.54, 1.807) is 6.20 Å². The molecule has 3 atom stereocenters. The number of pyridine rings is 1. The number of likely N-dealkylation sites (N-methyl/N-ethyl adjacent to an activating group) is 1. The summed E-state index contributed by atoms with van der Waals surface area (Å²) in [5.74, 6) is 6.61. The van der Waals surface area contributed by atoms with Crippen LogP contribution in [0.5, 0.6) is 0 Å². The molecule has 0 amide bonds. The van der Waals surface area contributed by atoms with Gasteiger partial charge in [0.15, 0.2) is 0 Å². The highest BCUT2D eigenvalue weighted by molar-refractivity contribution is 5.47. The lowest BCUT2D eigenvalue weighted by atomic mass is 9.69. The molecule has 5 heteroatoms. The molecule has 2 rings (SSSR count). The molecule has 0 bridgehead atoms. The Morgan fingerprint density at radius 3 is 2.80 bits per heavy atom. The van der Waals surface area contributed by atoms with Gasteiger partial charge in [-0.2, -0.15) is 0 Å². The van der Waals surface area contributed by atoms with Gasteiger partial charge in [-0.05, 0) is 38.9 Å². The summed E-state index contributed by atoms with van der Waals surface area (Å²) in [4.78, 5) is 6.53. The molecule has 3 unspecified atom stereocenters. The Kier molecular flexibility index (Phi) is 4.62. The molecule has 20 heavy (non-hydrogen) atoms. The fourth-order valence-corrected chi connectivity index (χ4v) is 3.68. The van der Waals surface area contributed by atoms with Crippen LogP contribution in [-0.2, 0) is 0 Å². The van der Waals surface area contributed by atoms with E-state index in [-0.39, 0.29) is 11.6 Å². The van der Waals surface area contributed by atoms with Crippen molar-refractivity contribution in [1.82, 2.24) is 15.3 Å². The maximum Gasteiger partial charge on any atom is 0.0679 e. The van der Waals surface area contributed by atoms with E-state index in [1.165, 1.54) is 12.8 Å². The molecule has 0 radical (unpaired) electrons. The summed E-state index contributed by atoms with van der Waals surface area (Å²) in [6.45, 7) is 2.32. The summed E-state index contributed by atoms with van der Waals surface area (Å²) in [6, 6.07) is 1.84. The smallest absolute Gasteiger partial charge is 0.0679 e. The number of nitrogens with one attached hydrogen (secondary N) is 1. The predicted octanol–water partition coefficient (Wildman–Crippen LogP) is 1.68. The zero-order valence-electron chi connectivity index (χ0n) is 12.8. The zero-order chi connectivity index (χ0) is 14.8. The molecular weight excluding hydrogens is 250 g/mol. The van der Waals surface area contributed by atoms with Crippen molar-refractivity contribution in [3.05, 3.63) is 24.0 Å². The number of nitrogens with zero attached hydrogens (tertiary/aromatic N) is 2. The van der Waals surface area contributed by atoms with Crippen molar-refractivity contribution in [3.8, 4) is 0 Å². The van der Waals surface area contributed by atoms with Gasteiger partial charge in [0, 0.05) is 29.2 Å². The fourth-order valence-electron chi connectivity index (χ4n) is 3.68. The number of nitrogen functional groups attached to an aromatic ring is 1. The second-order valence-electron chi connectivity index (χ2n) is 6.30. The molecule has 1 aliphatic rings. The SMILES string of the molecule is CC1CCCC(C(NN)c2cnccc2N)(N(C)C)C1. The number of hydrazine groups is 1. The largest absolute Gasteiger partial charge is 0.398 e. The molecule has 1 aliphatic carbocycles. The lowest BCUT2D eigenvalue weighted by Gasteiger charge is -2.50. The number of nitrogens with two attached hydrogens (primary N) is 2. The van der Waals surface area contributed by atoms with E-state index in [4.69, 9.17) is 11.6 Å². The highest BCUT2D eigenvalue weighted by Crippen LogP contribution is 2.44. The first kappa shape index (κ1) is 15.2. The third-order valence-electron chi connectivity index (χ3n) is 4.80. The first-order chi connectivity index (χ1) is 9.51. The molecule has 1 heterocycles. The molecule has 0 aliphatic heterocycles. The Bertz CT molecular complexity index is 448. The highest BCUT2D eigenvalue weighted by Gasteiger charge is 2.44. The zero-order valence-corrected chi connectivity index (χ0v) is 12.8. The van der Waals surface area contributed by atoms with Crippen molar-refractivity contribution in [2.45, 2.75) is 44.2 Å². The van der Waals surface area contributed by atoms with Crippen molar-refractivity contribution in [1.29, 1.82) is 0 Å². The van der Waals surface area contributed by atoms with Gasteiger partial charge < -0.3 is 10.6 Å². The Balaban J connectivity index is 2.43. The van der Waals surface area contributed by atoms with E-state index in [9.17, 15) is 0 Å². The van der Waals surface area contributed by atoms with Crippen LogP contribution in [0.25, 0.3) is 0 Å². The normalized spacial score (nSPS) is 28.6. The molecule has 5 nitrogen and oxygen atoms in total. The van der Waals surface area contributed by atoms with Crippen LogP contribution in [0.15, 0.2) is 18.5 Å². The predicted molar refractivity (Wildman–Crippen MR) is 82.8 cm³/mol. The van der Waals surface area contributed by atoms with Gasteiger partial charge in [-0.25, -0.2) is 0 Å². The van der Waals surface area contributed by atoms with Crippen LogP contribution in [-0.4, -0.2) is 29.5 Å². The van der Waals surface area contributed by atoms with Crippen LogP contribution in [0.4, 0.5) is 5.69 Å². The topological polar surface area (TPSA) is 80.2 Å². The number of rotatable bonds is 4. The summed E-state index contributed by atoms with van der Waals surface area (Å²) >= 11 is 0. The average molecular weight is 277 g/mol. The highest BCUT2D eigenvalue weighted by atomic mass is 15.3. The van der Waals surface area contributed by atoms with Crippen LogP contribution in [0.1, 0.15) is 44.2 Å². The van der Waals surface area contributed by atoms with E-state index >= 15 is 0 Å². The van der Waals surface area contributed by atoms with Crippen LogP contribution >= 0.6 is 0 Å². The fraction of sp³-hybridized carbons (Fsp3) is 0.667. The van der Waals surface area contributed by atoms with Gasteiger partial charge in [0.05, 0.1) is 6.04 Å². The van der Waals surface area contributed by atoms with Crippen molar-refractivity contribution in [3.63, 3.8) is 0 Å². The summed E-state index contributed by atoms with van der Waals surface area (Å²) < 4.78 is 0. The number of aromatic nitrogens is 1. The minimum absolute atomic E-state index is 0.00560. The van der Waals surface area contributed by atoms with Crippen LogP contribution in [0.2, 0.25) is 0 Å². The Hall–Kier alpha value is -1.17. The lowest BCUT2D eigenvalue weighted by molar-refractivity contribution is 0.0368. The molecule has 1 saturated carbocycles. The maximum atomic E-state index is 6.14. The lowest BCUT2D eigenvalue weighted by Crippen LogP contribution is -2.57. The minimum Gasteiger partial charge on any atom is -0.398 e. The van der Waals surface area contributed by atoms with Gasteiger partial charge in [0.1, 0.15) is 0 Å². The maximum absolute atomic E-state index is 6.14. The third kappa shape index (κ3) is 2.66. The molecule has 1 aromatic heterocycles. The van der Waals surface area contributed by atoms with Crippen molar-refractivity contribution in [2.75, 3.05) is 19.8 Å². The first-order valence-electron chi connectivity index (χ1n) is 7.34. The molecule has 0 spiro atoms. The third-order valence-corrected chi connectivity index (χ3v) is 4.80. The van der Waals surface area contributed by atoms with Gasteiger partial charge in [0.25, 0.3) is 0 Å². The number of anilines is 1. The number of hydrogen-bond acceptors (Lipinski definition) is 5. The molecule has 5 N–H and O–H groups in total. The van der Waals surface area contributed by atoms with E-state index < -0.39 is 0 Å². The molecule has 1 aromatic rings. The van der Waals surface area contributed by atoms with Gasteiger partial charge >= 0.3 is 0 Å². The van der Waals surface area contributed by atoms with E-state index in [1.807, 2.05) is 12.3 Å². The summed E-state index contributed by atoms with van der Waals surface area (Å²) in [6.07, 6.45) is 8.30.